The number of benzene rings is 1. The standard InChI is InChI=1S/C15H19NO5/c1-3-16-14(17)13-11(9-12(19-2)21-13)20-15(18)10-7-5-4-6-8-10/h4-8,11-13H,3,9H2,1-2H3,(H,16,17)/t11-,12?,13+/m1/s1. The van der Waals surface area contributed by atoms with E-state index in [9.17, 15) is 9.59 Å². The summed E-state index contributed by atoms with van der Waals surface area (Å²) in [6, 6.07) is 8.63. The number of rotatable bonds is 5. The van der Waals surface area contributed by atoms with Gasteiger partial charge in [-0.05, 0) is 19.1 Å². The summed E-state index contributed by atoms with van der Waals surface area (Å²) >= 11 is 0. The molecular weight excluding hydrogens is 274 g/mol. The third kappa shape index (κ3) is 3.80. The third-order valence-corrected chi connectivity index (χ3v) is 3.20. The molecule has 2 rings (SSSR count). The Morgan fingerprint density at radius 1 is 1.33 bits per heavy atom. The number of hydrogen-bond donors (Lipinski definition) is 1. The van der Waals surface area contributed by atoms with Crippen molar-refractivity contribution in [1.29, 1.82) is 0 Å². The van der Waals surface area contributed by atoms with Crippen LogP contribution in [0.3, 0.4) is 0 Å². The number of carbonyl (C=O) groups excluding carboxylic acids is 2. The molecule has 0 aromatic heterocycles. The maximum atomic E-state index is 12.1. The van der Waals surface area contributed by atoms with Crippen molar-refractivity contribution in [1.82, 2.24) is 5.32 Å². The Morgan fingerprint density at radius 3 is 2.67 bits per heavy atom. The fourth-order valence-electron chi connectivity index (χ4n) is 2.17. The molecule has 1 aromatic carbocycles. The van der Waals surface area contributed by atoms with Gasteiger partial charge in [0.1, 0.15) is 6.10 Å². The zero-order chi connectivity index (χ0) is 15.2. The molecule has 0 bridgehead atoms. The number of carbonyl (C=O) groups is 2. The first-order valence-corrected chi connectivity index (χ1v) is 6.87. The van der Waals surface area contributed by atoms with Crippen molar-refractivity contribution in [2.24, 2.45) is 0 Å². The van der Waals surface area contributed by atoms with E-state index in [4.69, 9.17) is 14.2 Å². The Hall–Kier alpha value is -1.92. The highest BCUT2D eigenvalue weighted by Gasteiger charge is 2.42. The van der Waals surface area contributed by atoms with E-state index in [0.717, 1.165) is 0 Å². The Labute approximate surface area is 123 Å². The molecule has 0 radical (unpaired) electrons. The Kier molecular flexibility index (Phi) is 5.30. The number of hydrogen-bond acceptors (Lipinski definition) is 5. The van der Waals surface area contributed by atoms with Crippen molar-refractivity contribution in [3.8, 4) is 0 Å². The van der Waals surface area contributed by atoms with Crippen LogP contribution >= 0.6 is 0 Å². The molecule has 1 aliphatic rings. The first-order chi connectivity index (χ1) is 10.2. The highest BCUT2D eigenvalue weighted by atomic mass is 16.7. The highest BCUT2D eigenvalue weighted by Crippen LogP contribution is 2.25. The molecule has 0 saturated carbocycles. The lowest BCUT2D eigenvalue weighted by Gasteiger charge is -2.17. The molecule has 114 valence electrons. The second kappa shape index (κ2) is 7.19. The van der Waals surface area contributed by atoms with Crippen LogP contribution in [0, 0.1) is 0 Å². The van der Waals surface area contributed by atoms with E-state index in [1.807, 2.05) is 13.0 Å². The Morgan fingerprint density at radius 2 is 2.05 bits per heavy atom. The van der Waals surface area contributed by atoms with Gasteiger partial charge in [0.2, 0.25) is 0 Å². The van der Waals surface area contributed by atoms with Crippen LogP contribution in [0.2, 0.25) is 0 Å². The number of methoxy groups -OCH3 is 1. The first-order valence-electron chi connectivity index (χ1n) is 6.87. The first kappa shape index (κ1) is 15.5. The Bertz CT molecular complexity index is 490. The molecule has 1 saturated heterocycles. The summed E-state index contributed by atoms with van der Waals surface area (Å²) in [7, 11) is 1.49. The smallest absolute Gasteiger partial charge is 0.338 e. The van der Waals surface area contributed by atoms with E-state index >= 15 is 0 Å². The van der Waals surface area contributed by atoms with E-state index in [0.29, 0.717) is 18.5 Å². The van der Waals surface area contributed by atoms with Crippen LogP contribution in [-0.4, -0.2) is 44.0 Å². The maximum Gasteiger partial charge on any atom is 0.338 e. The normalized spacial score (nSPS) is 24.6. The van der Waals surface area contributed by atoms with Gasteiger partial charge >= 0.3 is 5.97 Å². The zero-order valence-electron chi connectivity index (χ0n) is 12.1. The van der Waals surface area contributed by atoms with Crippen molar-refractivity contribution < 1.29 is 23.8 Å². The molecule has 1 aliphatic heterocycles. The second-order valence-corrected chi connectivity index (χ2v) is 4.66. The van der Waals surface area contributed by atoms with Crippen molar-refractivity contribution >= 4 is 11.9 Å². The van der Waals surface area contributed by atoms with Crippen LogP contribution in [0.4, 0.5) is 0 Å². The van der Waals surface area contributed by atoms with Gasteiger partial charge in [-0.15, -0.1) is 0 Å². The van der Waals surface area contributed by atoms with Crippen LogP contribution < -0.4 is 5.32 Å². The molecule has 0 spiro atoms. The summed E-state index contributed by atoms with van der Waals surface area (Å²) in [6.07, 6.45) is -1.72. The Balaban J connectivity index is 2.05. The number of esters is 1. The lowest BCUT2D eigenvalue weighted by Crippen LogP contribution is -2.42. The molecule has 21 heavy (non-hydrogen) atoms. The molecule has 1 N–H and O–H groups in total. The minimum atomic E-state index is -0.845. The van der Waals surface area contributed by atoms with Crippen LogP contribution in [0.25, 0.3) is 0 Å². The summed E-state index contributed by atoms with van der Waals surface area (Å²) in [5.74, 6) is -0.779. The average molecular weight is 293 g/mol. The molecular formula is C15H19NO5. The summed E-state index contributed by atoms with van der Waals surface area (Å²) in [6.45, 7) is 2.29. The largest absolute Gasteiger partial charge is 0.455 e. The molecule has 6 nitrogen and oxygen atoms in total. The van der Waals surface area contributed by atoms with Crippen LogP contribution in [0.5, 0.6) is 0 Å². The van der Waals surface area contributed by atoms with Crippen LogP contribution in [0.1, 0.15) is 23.7 Å². The molecule has 1 unspecified atom stereocenters. The van der Waals surface area contributed by atoms with E-state index < -0.39 is 24.5 Å². The highest BCUT2D eigenvalue weighted by molar-refractivity contribution is 5.90. The maximum absolute atomic E-state index is 12.1. The van der Waals surface area contributed by atoms with Crippen molar-refractivity contribution in [3.63, 3.8) is 0 Å². The average Bonchev–Trinajstić information content (AvgIpc) is 2.91. The van der Waals surface area contributed by atoms with E-state index in [1.54, 1.807) is 24.3 Å². The molecule has 6 heteroatoms. The fraction of sp³-hybridized carbons (Fsp3) is 0.467. The van der Waals surface area contributed by atoms with Gasteiger partial charge in [0, 0.05) is 20.1 Å². The summed E-state index contributed by atoms with van der Waals surface area (Å²) in [5.41, 5.74) is 0.438. The van der Waals surface area contributed by atoms with Gasteiger partial charge in [-0.2, -0.15) is 0 Å². The van der Waals surface area contributed by atoms with Crippen LogP contribution in [0.15, 0.2) is 30.3 Å². The molecule has 1 fully saturated rings. The molecule has 1 amide bonds. The summed E-state index contributed by atoms with van der Waals surface area (Å²) in [5, 5.41) is 2.66. The fourth-order valence-corrected chi connectivity index (χ4v) is 2.17. The second-order valence-electron chi connectivity index (χ2n) is 4.66. The van der Waals surface area contributed by atoms with Crippen molar-refractivity contribution in [2.75, 3.05) is 13.7 Å². The predicted molar refractivity (Wildman–Crippen MR) is 74.6 cm³/mol. The summed E-state index contributed by atoms with van der Waals surface area (Å²) in [4.78, 5) is 24.0. The zero-order valence-corrected chi connectivity index (χ0v) is 12.1. The molecule has 1 aromatic rings. The summed E-state index contributed by atoms with van der Waals surface area (Å²) < 4.78 is 16.0. The lowest BCUT2D eigenvalue weighted by molar-refractivity contribution is -0.151. The van der Waals surface area contributed by atoms with Crippen LogP contribution in [-0.2, 0) is 19.0 Å². The number of ether oxygens (including phenoxy) is 3. The van der Waals surface area contributed by atoms with Gasteiger partial charge < -0.3 is 19.5 Å². The van der Waals surface area contributed by atoms with E-state index in [-0.39, 0.29) is 5.91 Å². The predicted octanol–water partition coefficient (Wildman–Crippen LogP) is 1.11. The SMILES string of the molecule is CCNC(=O)[C@H]1OC(OC)C[C@H]1OC(=O)c1ccccc1. The number of likely N-dealkylation sites (N-methyl/N-ethyl adjacent to an activating group) is 1. The molecule has 1 heterocycles. The molecule has 0 aliphatic carbocycles. The lowest BCUT2D eigenvalue weighted by atomic mass is 10.1. The van der Waals surface area contributed by atoms with E-state index in [2.05, 4.69) is 5.32 Å². The van der Waals surface area contributed by atoms with Gasteiger partial charge in [0.15, 0.2) is 12.4 Å². The quantitative estimate of drug-likeness (QED) is 0.823. The van der Waals surface area contributed by atoms with Crippen molar-refractivity contribution in [3.05, 3.63) is 35.9 Å². The van der Waals surface area contributed by atoms with Crippen molar-refractivity contribution in [2.45, 2.75) is 31.8 Å². The number of nitrogens with one attached hydrogen (secondary N) is 1. The van der Waals surface area contributed by atoms with E-state index in [1.165, 1.54) is 7.11 Å². The topological polar surface area (TPSA) is 73.9 Å². The third-order valence-electron chi connectivity index (χ3n) is 3.20. The minimum absolute atomic E-state index is 0.303. The van der Waals surface area contributed by atoms with Gasteiger partial charge in [-0.3, -0.25) is 4.79 Å². The number of amides is 1. The minimum Gasteiger partial charge on any atom is -0.455 e. The van der Waals surface area contributed by atoms with Gasteiger partial charge in [-0.1, -0.05) is 18.2 Å². The van der Waals surface area contributed by atoms with Gasteiger partial charge in [0.05, 0.1) is 5.56 Å². The molecule has 3 atom stereocenters. The monoisotopic (exact) mass is 293 g/mol. The van der Waals surface area contributed by atoms with Gasteiger partial charge in [-0.25, -0.2) is 4.79 Å². The van der Waals surface area contributed by atoms with Gasteiger partial charge in [0.25, 0.3) is 5.91 Å².